The third-order valence-corrected chi connectivity index (χ3v) is 4.15. The fourth-order valence-corrected chi connectivity index (χ4v) is 2.74. The van der Waals surface area contributed by atoms with Crippen molar-refractivity contribution in [2.24, 2.45) is 11.1 Å². The van der Waals surface area contributed by atoms with Crippen LogP contribution in [0.3, 0.4) is 0 Å². The van der Waals surface area contributed by atoms with Gasteiger partial charge in [0.05, 0.1) is 0 Å². The Balaban J connectivity index is 0.00000180. The largest absolute Gasteiger partial charge is 0.327 e. The number of halogens is 3. The molecule has 1 aromatic carbocycles. The number of hydrogen-bond acceptors (Lipinski definition) is 2. The van der Waals surface area contributed by atoms with E-state index in [1.807, 2.05) is 0 Å². The van der Waals surface area contributed by atoms with Crippen molar-refractivity contribution in [2.45, 2.75) is 32.9 Å². The minimum atomic E-state index is -0.287. The van der Waals surface area contributed by atoms with E-state index in [1.54, 1.807) is 6.07 Å². The van der Waals surface area contributed by atoms with Crippen LogP contribution in [0, 0.1) is 11.2 Å². The molecule has 5 heteroatoms. The predicted octanol–water partition coefficient (Wildman–Crippen LogP) is 3.46. The Morgan fingerprint density at radius 2 is 2.16 bits per heavy atom. The average Bonchev–Trinajstić information content (AvgIpc) is 2.27. The topological polar surface area (TPSA) is 29.3 Å². The minimum absolute atomic E-state index is 0. The molecule has 1 unspecified atom stereocenters. The maximum absolute atomic E-state index is 13.0. The lowest BCUT2D eigenvalue weighted by Gasteiger charge is -2.42. The molecule has 1 atom stereocenters. The Labute approximate surface area is 125 Å². The molecule has 0 radical (unpaired) electrons. The van der Waals surface area contributed by atoms with Gasteiger partial charge in [-0.15, -0.1) is 12.4 Å². The second-order valence-corrected chi connectivity index (χ2v) is 6.24. The smallest absolute Gasteiger partial charge is 0.124 e. The van der Waals surface area contributed by atoms with Gasteiger partial charge in [0.15, 0.2) is 0 Å². The molecule has 2 N–H and O–H groups in total. The van der Waals surface area contributed by atoms with Crippen LogP contribution >= 0.6 is 24.0 Å². The van der Waals surface area contributed by atoms with Crippen LogP contribution in [-0.4, -0.2) is 24.0 Å². The molecule has 0 bridgehead atoms. The zero-order valence-corrected chi connectivity index (χ0v) is 12.9. The fourth-order valence-electron chi connectivity index (χ4n) is 2.51. The van der Waals surface area contributed by atoms with Crippen LogP contribution in [0.2, 0.25) is 5.02 Å². The number of nitrogens with two attached hydrogens (primary N) is 1. The fraction of sp³-hybridized carbons (Fsp3) is 0.571. The number of benzene rings is 1. The summed E-state index contributed by atoms with van der Waals surface area (Å²) >= 11 is 6.06. The quantitative estimate of drug-likeness (QED) is 0.906. The van der Waals surface area contributed by atoms with Crippen molar-refractivity contribution in [2.75, 3.05) is 13.1 Å². The Morgan fingerprint density at radius 1 is 1.47 bits per heavy atom. The van der Waals surface area contributed by atoms with E-state index < -0.39 is 0 Å². The number of likely N-dealkylation sites (tertiary alicyclic amines) is 1. The number of rotatable bonds is 2. The van der Waals surface area contributed by atoms with Crippen molar-refractivity contribution in [3.8, 4) is 0 Å². The van der Waals surface area contributed by atoms with Crippen LogP contribution in [0.1, 0.15) is 25.8 Å². The molecule has 0 amide bonds. The lowest BCUT2D eigenvalue weighted by Crippen LogP contribution is -2.52. The van der Waals surface area contributed by atoms with Crippen LogP contribution in [0.5, 0.6) is 0 Å². The highest BCUT2D eigenvalue weighted by Gasteiger charge is 2.33. The van der Waals surface area contributed by atoms with Crippen molar-refractivity contribution >= 4 is 24.0 Å². The summed E-state index contributed by atoms with van der Waals surface area (Å²) in [6.07, 6.45) is 0.992. The van der Waals surface area contributed by atoms with E-state index in [-0.39, 0.29) is 29.7 Å². The van der Waals surface area contributed by atoms with Gasteiger partial charge in [0, 0.05) is 30.7 Å². The normalized spacial score (nSPS) is 22.9. The zero-order valence-electron chi connectivity index (χ0n) is 11.3. The number of piperidine rings is 1. The second-order valence-electron chi connectivity index (χ2n) is 5.83. The van der Waals surface area contributed by atoms with Gasteiger partial charge in [0.25, 0.3) is 0 Å². The van der Waals surface area contributed by atoms with Crippen molar-refractivity contribution < 1.29 is 4.39 Å². The molecular weight excluding hydrogens is 286 g/mol. The maximum atomic E-state index is 13.0. The van der Waals surface area contributed by atoms with Gasteiger partial charge in [-0.05, 0) is 29.5 Å². The Kier molecular flexibility index (Phi) is 5.63. The molecule has 2 rings (SSSR count). The first kappa shape index (κ1) is 16.7. The first-order chi connectivity index (χ1) is 8.38. The lowest BCUT2D eigenvalue weighted by molar-refractivity contribution is 0.0899. The van der Waals surface area contributed by atoms with E-state index in [0.717, 1.165) is 31.6 Å². The van der Waals surface area contributed by atoms with Crippen molar-refractivity contribution in [3.63, 3.8) is 0 Å². The average molecular weight is 307 g/mol. The molecule has 1 aliphatic heterocycles. The third kappa shape index (κ3) is 4.06. The van der Waals surface area contributed by atoms with E-state index in [0.29, 0.717) is 5.02 Å². The van der Waals surface area contributed by atoms with Crippen molar-refractivity contribution in [1.29, 1.82) is 0 Å². The Morgan fingerprint density at radius 3 is 2.74 bits per heavy atom. The lowest BCUT2D eigenvalue weighted by atomic mass is 9.79. The zero-order chi connectivity index (χ0) is 13.3. The van der Waals surface area contributed by atoms with Gasteiger partial charge in [-0.2, -0.15) is 0 Å². The predicted molar refractivity (Wildman–Crippen MR) is 80.3 cm³/mol. The van der Waals surface area contributed by atoms with Crippen LogP contribution in [0.15, 0.2) is 18.2 Å². The Bertz CT molecular complexity index is 437. The van der Waals surface area contributed by atoms with Crippen LogP contribution in [-0.2, 0) is 6.54 Å². The highest BCUT2D eigenvalue weighted by molar-refractivity contribution is 6.31. The van der Waals surface area contributed by atoms with E-state index in [1.165, 1.54) is 12.1 Å². The molecule has 0 aromatic heterocycles. The van der Waals surface area contributed by atoms with Gasteiger partial charge in [-0.3, -0.25) is 4.90 Å². The summed E-state index contributed by atoms with van der Waals surface area (Å²) in [5.41, 5.74) is 7.21. The van der Waals surface area contributed by atoms with E-state index >= 15 is 0 Å². The molecule has 108 valence electrons. The molecule has 1 aromatic rings. The summed E-state index contributed by atoms with van der Waals surface area (Å²) in [4.78, 5) is 2.34. The minimum Gasteiger partial charge on any atom is -0.327 e. The highest BCUT2D eigenvalue weighted by atomic mass is 35.5. The number of hydrogen-bond donors (Lipinski definition) is 1. The van der Waals surface area contributed by atoms with Gasteiger partial charge < -0.3 is 5.73 Å². The second kappa shape index (κ2) is 6.40. The maximum Gasteiger partial charge on any atom is 0.124 e. The molecule has 19 heavy (non-hydrogen) atoms. The summed E-state index contributed by atoms with van der Waals surface area (Å²) in [5.74, 6) is -0.287. The van der Waals surface area contributed by atoms with Gasteiger partial charge in [0.2, 0.25) is 0 Å². The van der Waals surface area contributed by atoms with E-state index in [9.17, 15) is 4.39 Å². The molecule has 2 nitrogen and oxygen atoms in total. The third-order valence-electron chi connectivity index (χ3n) is 3.80. The molecule has 1 heterocycles. The summed E-state index contributed by atoms with van der Waals surface area (Å²) in [7, 11) is 0. The van der Waals surface area contributed by atoms with Gasteiger partial charge in [0.1, 0.15) is 5.82 Å². The summed E-state index contributed by atoms with van der Waals surface area (Å²) in [6, 6.07) is 4.84. The molecule has 0 saturated carbocycles. The summed E-state index contributed by atoms with van der Waals surface area (Å²) in [6.45, 7) is 7.06. The molecule has 0 aliphatic carbocycles. The first-order valence-electron chi connectivity index (χ1n) is 6.30. The van der Waals surface area contributed by atoms with Gasteiger partial charge >= 0.3 is 0 Å². The van der Waals surface area contributed by atoms with Crippen LogP contribution in [0.25, 0.3) is 0 Å². The molecule has 0 spiro atoms. The molecule has 1 saturated heterocycles. The van der Waals surface area contributed by atoms with E-state index in [4.69, 9.17) is 17.3 Å². The van der Waals surface area contributed by atoms with Gasteiger partial charge in [-0.25, -0.2) is 4.39 Å². The van der Waals surface area contributed by atoms with Crippen LogP contribution in [0.4, 0.5) is 4.39 Å². The molecule has 1 fully saturated rings. The number of nitrogens with zero attached hydrogens (tertiary/aromatic N) is 1. The standard InChI is InChI=1S/C14H20ClFN2.ClH/c1-14(2)9-18(6-5-13(14)17)8-10-3-4-11(16)7-12(10)15;/h3-4,7,13H,5-6,8-9,17H2,1-2H3;1H. The first-order valence-corrected chi connectivity index (χ1v) is 6.68. The highest BCUT2D eigenvalue weighted by Crippen LogP contribution is 2.29. The monoisotopic (exact) mass is 306 g/mol. The summed E-state index contributed by atoms with van der Waals surface area (Å²) in [5, 5.41) is 0.502. The molecule has 1 aliphatic rings. The van der Waals surface area contributed by atoms with E-state index in [2.05, 4.69) is 18.7 Å². The van der Waals surface area contributed by atoms with Crippen molar-refractivity contribution in [1.82, 2.24) is 4.90 Å². The van der Waals surface area contributed by atoms with Gasteiger partial charge in [-0.1, -0.05) is 31.5 Å². The van der Waals surface area contributed by atoms with Crippen LogP contribution < -0.4 is 5.73 Å². The SMILES string of the molecule is CC1(C)CN(Cc2ccc(F)cc2Cl)CCC1N.Cl. The molecular formula is C14H21Cl2FN2. The van der Waals surface area contributed by atoms with Crippen molar-refractivity contribution in [3.05, 3.63) is 34.6 Å². The Hall–Kier alpha value is -0.350. The summed E-state index contributed by atoms with van der Waals surface area (Å²) < 4.78 is 13.0.